The maximum Gasteiger partial charge on any atom is 0.228 e. The van der Waals surface area contributed by atoms with Gasteiger partial charge in [0.15, 0.2) is 0 Å². The summed E-state index contributed by atoms with van der Waals surface area (Å²) in [6, 6.07) is 8.27. The summed E-state index contributed by atoms with van der Waals surface area (Å²) in [6.07, 6.45) is 4.90. The predicted molar refractivity (Wildman–Crippen MR) is 80.2 cm³/mol. The number of ether oxygens (including phenoxy) is 1. The van der Waals surface area contributed by atoms with Crippen LogP contribution in [0.5, 0.6) is 0 Å². The molecular weight excluding hydrogens is 266 g/mol. The van der Waals surface area contributed by atoms with Crippen molar-refractivity contribution in [3.63, 3.8) is 0 Å². The van der Waals surface area contributed by atoms with Gasteiger partial charge in [-0.3, -0.25) is 9.48 Å². The van der Waals surface area contributed by atoms with E-state index in [0.717, 1.165) is 29.8 Å². The Morgan fingerprint density at radius 2 is 2.43 bits per heavy atom. The zero-order chi connectivity index (χ0) is 14.7. The van der Waals surface area contributed by atoms with E-state index in [9.17, 15) is 4.79 Å². The van der Waals surface area contributed by atoms with Gasteiger partial charge in [0.1, 0.15) is 0 Å². The fourth-order valence-electron chi connectivity index (χ4n) is 2.55. The second-order valence-corrected chi connectivity index (χ2v) is 5.44. The van der Waals surface area contributed by atoms with Gasteiger partial charge in [0.25, 0.3) is 0 Å². The molecule has 5 heteroatoms. The third-order valence-electron chi connectivity index (χ3n) is 3.61. The van der Waals surface area contributed by atoms with E-state index in [1.54, 1.807) is 6.20 Å². The highest BCUT2D eigenvalue weighted by Gasteiger charge is 2.18. The minimum atomic E-state index is -0.0252. The van der Waals surface area contributed by atoms with Gasteiger partial charge < -0.3 is 10.1 Å². The van der Waals surface area contributed by atoms with Crippen molar-refractivity contribution in [3.05, 3.63) is 47.8 Å². The van der Waals surface area contributed by atoms with Crippen LogP contribution in [-0.2, 0) is 16.0 Å². The van der Waals surface area contributed by atoms with Gasteiger partial charge in [-0.25, -0.2) is 0 Å². The molecular formula is C16H19N3O2. The highest BCUT2D eigenvalue weighted by Crippen LogP contribution is 2.19. The standard InChI is InChI=1S/C16H19N3O2/c1-12-3-2-4-13(7-12)8-16(20)18-14-9-17-19(10-14)15-5-6-21-11-15/h2-4,7,9-10,15H,5-6,8,11H2,1H3,(H,18,20)/t15-/m0/s1. The molecule has 2 aromatic rings. The zero-order valence-electron chi connectivity index (χ0n) is 12.1. The van der Waals surface area contributed by atoms with E-state index in [1.807, 2.05) is 42.1 Å². The Hall–Kier alpha value is -2.14. The van der Waals surface area contributed by atoms with E-state index < -0.39 is 0 Å². The number of anilines is 1. The van der Waals surface area contributed by atoms with E-state index in [-0.39, 0.29) is 11.9 Å². The number of benzene rings is 1. The molecule has 0 radical (unpaired) electrons. The molecule has 1 saturated heterocycles. The largest absolute Gasteiger partial charge is 0.379 e. The number of hydrogen-bond acceptors (Lipinski definition) is 3. The quantitative estimate of drug-likeness (QED) is 0.938. The number of aromatic nitrogens is 2. The summed E-state index contributed by atoms with van der Waals surface area (Å²) in [5, 5.41) is 7.18. The molecule has 1 amide bonds. The van der Waals surface area contributed by atoms with Crippen LogP contribution in [0.25, 0.3) is 0 Å². The summed E-state index contributed by atoms with van der Waals surface area (Å²) in [5.41, 5.74) is 2.91. The van der Waals surface area contributed by atoms with Crippen molar-refractivity contribution in [2.24, 2.45) is 0 Å². The monoisotopic (exact) mass is 285 g/mol. The Balaban J connectivity index is 1.59. The molecule has 0 bridgehead atoms. The molecule has 1 atom stereocenters. The minimum absolute atomic E-state index is 0.0252. The fraction of sp³-hybridized carbons (Fsp3) is 0.375. The SMILES string of the molecule is Cc1cccc(CC(=O)Nc2cnn([C@H]3CCOC3)c2)c1. The molecule has 5 nitrogen and oxygen atoms in total. The summed E-state index contributed by atoms with van der Waals surface area (Å²) in [5.74, 6) is -0.0252. The molecule has 1 aliphatic rings. The number of aryl methyl sites for hydroxylation is 1. The van der Waals surface area contributed by atoms with Crippen molar-refractivity contribution >= 4 is 11.6 Å². The van der Waals surface area contributed by atoms with E-state index in [2.05, 4.69) is 10.4 Å². The lowest BCUT2D eigenvalue weighted by atomic mass is 10.1. The number of hydrogen-bond donors (Lipinski definition) is 1. The maximum atomic E-state index is 12.1. The van der Waals surface area contributed by atoms with Gasteiger partial charge in [-0.2, -0.15) is 5.10 Å². The van der Waals surface area contributed by atoms with Crippen molar-refractivity contribution in [1.82, 2.24) is 9.78 Å². The average Bonchev–Trinajstić information content (AvgIpc) is 3.08. The second kappa shape index (κ2) is 6.10. The molecule has 1 aromatic carbocycles. The number of nitrogens with zero attached hydrogens (tertiary/aromatic N) is 2. The first-order valence-electron chi connectivity index (χ1n) is 7.18. The number of rotatable bonds is 4. The van der Waals surface area contributed by atoms with E-state index >= 15 is 0 Å². The van der Waals surface area contributed by atoms with Gasteiger partial charge >= 0.3 is 0 Å². The number of nitrogens with one attached hydrogen (secondary N) is 1. The van der Waals surface area contributed by atoms with Gasteiger partial charge in [-0.1, -0.05) is 29.8 Å². The summed E-state index contributed by atoms with van der Waals surface area (Å²) in [6.45, 7) is 3.49. The molecule has 1 fully saturated rings. The maximum absolute atomic E-state index is 12.1. The summed E-state index contributed by atoms with van der Waals surface area (Å²) in [7, 11) is 0. The normalized spacial score (nSPS) is 17.9. The summed E-state index contributed by atoms with van der Waals surface area (Å²) >= 11 is 0. The fourth-order valence-corrected chi connectivity index (χ4v) is 2.55. The third kappa shape index (κ3) is 3.49. The Morgan fingerprint density at radius 1 is 1.52 bits per heavy atom. The van der Waals surface area contributed by atoms with Crippen LogP contribution in [0.3, 0.4) is 0 Å². The number of carbonyl (C=O) groups excluding carboxylic acids is 1. The van der Waals surface area contributed by atoms with E-state index in [0.29, 0.717) is 13.0 Å². The Kier molecular flexibility index (Phi) is 4.01. The molecule has 1 aliphatic heterocycles. The highest BCUT2D eigenvalue weighted by atomic mass is 16.5. The first-order valence-corrected chi connectivity index (χ1v) is 7.18. The summed E-state index contributed by atoms with van der Waals surface area (Å²) < 4.78 is 7.21. The molecule has 21 heavy (non-hydrogen) atoms. The molecule has 0 saturated carbocycles. The van der Waals surface area contributed by atoms with Crippen LogP contribution in [0.4, 0.5) is 5.69 Å². The lowest BCUT2D eigenvalue weighted by molar-refractivity contribution is -0.115. The molecule has 0 aliphatic carbocycles. The van der Waals surface area contributed by atoms with Crippen molar-refractivity contribution in [2.75, 3.05) is 18.5 Å². The van der Waals surface area contributed by atoms with Gasteiger partial charge in [0.05, 0.1) is 31.0 Å². The van der Waals surface area contributed by atoms with Crippen LogP contribution in [0.2, 0.25) is 0 Å². The van der Waals surface area contributed by atoms with Crippen LogP contribution in [0.15, 0.2) is 36.7 Å². The second-order valence-electron chi connectivity index (χ2n) is 5.44. The molecule has 0 unspecified atom stereocenters. The number of carbonyl (C=O) groups is 1. The van der Waals surface area contributed by atoms with Crippen molar-refractivity contribution in [1.29, 1.82) is 0 Å². The summed E-state index contributed by atoms with van der Waals surface area (Å²) in [4.78, 5) is 12.1. The Labute approximate surface area is 123 Å². The molecule has 2 heterocycles. The molecule has 0 spiro atoms. The van der Waals surface area contributed by atoms with Crippen molar-refractivity contribution in [3.8, 4) is 0 Å². The van der Waals surface area contributed by atoms with Crippen molar-refractivity contribution < 1.29 is 9.53 Å². The van der Waals surface area contributed by atoms with Gasteiger partial charge in [-0.15, -0.1) is 0 Å². The lowest BCUT2D eigenvalue weighted by Crippen LogP contribution is -2.14. The topological polar surface area (TPSA) is 56.2 Å². The Bertz CT molecular complexity index is 630. The minimum Gasteiger partial charge on any atom is -0.379 e. The third-order valence-corrected chi connectivity index (χ3v) is 3.61. The number of amides is 1. The van der Waals surface area contributed by atoms with Crippen LogP contribution < -0.4 is 5.32 Å². The first-order chi connectivity index (χ1) is 10.2. The molecule has 1 N–H and O–H groups in total. The van der Waals surface area contributed by atoms with E-state index in [1.165, 1.54) is 0 Å². The smallest absolute Gasteiger partial charge is 0.228 e. The van der Waals surface area contributed by atoms with Gasteiger partial charge in [0.2, 0.25) is 5.91 Å². The average molecular weight is 285 g/mol. The van der Waals surface area contributed by atoms with Crippen molar-refractivity contribution in [2.45, 2.75) is 25.8 Å². The first kappa shape index (κ1) is 13.8. The highest BCUT2D eigenvalue weighted by molar-refractivity contribution is 5.92. The van der Waals surface area contributed by atoms with E-state index in [4.69, 9.17) is 4.74 Å². The van der Waals surface area contributed by atoms with Crippen LogP contribution >= 0.6 is 0 Å². The molecule has 110 valence electrons. The van der Waals surface area contributed by atoms with Crippen LogP contribution in [-0.4, -0.2) is 28.9 Å². The predicted octanol–water partition coefficient (Wildman–Crippen LogP) is 2.33. The van der Waals surface area contributed by atoms with Crippen LogP contribution in [0.1, 0.15) is 23.6 Å². The molecule has 1 aromatic heterocycles. The lowest BCUT2D eigenvalue weighted by Gasteiger charge is -2.07. The zero-order valence-corrected chi connectivity index (χ0v) is 12.1. The van der Waals surface area contributed by atoms with Gasteiger partial charge in [0, 0.05) is 12.8 Å². The van der Waals surface area contributed by atoms with Gasteiger partial charge in [-0.05, 0) is 18.9 Å². The Morgan fingerprint density at radius 3 is 3.19 bits per heavy atom. The molecule has 3 rings (SSSR count). The van der Waals surface area contributed by atoms with Crippen LogP contribution in [0, 0.1) is 6.92 Å².